The van der Waals surface area contributed by atoms with E-state index in [0.717, 1.165) is 47.7 Å². The number of carbonyl (C=O) groups is 1. The molecule has 2 aromatic carbocycles. The molecule has 0 aromatic heterocycles. The van der Waals surface area contributed by atoms with Gasteiger partial charge in [-0.15, -0.1) is 24.0 Å². The molecular weight excluding hydrogens is 523 g/mol. The van der Waals surface area contributed by atoms with Gasteiger partial charge in [0.2, 0.25) is 0 Å². The van der Waals surface area contributed by atoms with E-state index in [1.165, 1.54) is 0 Å². The summed E-state index contributed by atoms with van der Waals surface area (Å²) < 4.78 is 16.9. The lowest BCUT2D eigenvalue weighted by molar-refractivity contribution is -0.124. The van der Waals surface area contributed by atoms with E-state index >= 15 is 0 Å². The van der Waals surface area contributed by atoms with Crippen molar-refractivity contribution in [3.63, 3.8) is 0 Å². The third kappa shape index (κ3) is 6.49. The average Bonchev–Trinajstić information content (AvgIpc) is 3.23. The molecule has 0 aliphatic carbocycles. The number of amides is 1. The summed E-state index contributed by atoms with van der Waals surface area (Å²) in [5, 5.41) is 9.50. The van der Waals surface area contributed by atoms with Gasteiger partial charge in [-0.3, -0.25) is 9.79 Å². The molecule has 2 aliphatic rings. The summed E-state index contributed by atoms with van der Waals surface area (Å²) in [6, 6.07) is 13.5. The van der Waals surface area contributed by atoms with E-state index in [2.05, 4.69) is 20.9 Å². The number of hydrogen-bond donors (Lipinski definition) is 3. The predicted molar refractivity (Wildman–Crippen MR) is 135 cm³/mol. The van der Waals surface area contributed by atoms with Crippen LogP contribution in [0.1, 0.15) is 24.8 Å². The Morgan fingerprint density at radius 3 is 2.59 bits per heavy atom. The quantitative estimate of drug-likeness (QED) is 0.297. The highest BCUT2D eigenvalue weighted by Gasteiger charge is 2.23. The molecule has 0 spiro atoms. The minimum atomic E-state index is -0.347. The number of aliphatic imine (C=N–C) groups is 1. The van der Waals surface area contributed by atoms with E-state index < -0.39 is 0 Å². The van der Waals surface area contributed by atoms with Crippen molar-refractivity contribution in [3.05, 3.63) is 48.0 Å². The first kappa shape index (κ1) is 24.1. The molecule has 1 atom stereocenters. The lowest BCUT2D eigenvalue weighted by Gasteiger charge is -2.15. The zero-order valence-corrected chi connectivity index (χ0v) is 20.4. The minimum Gasteiger partial charge on any atom is -0.490 e. The van der Waals surface area contributed by atoms with Crippen LogP contribution in [-0.4, -0.2) is 44.8 Å². The van der Waals surface area contributed by atoms with Crippen molar-refractivity contribution in [3.8, 4) is 11.5 Å². The van der Waals surface area contributed by atoms with Crippen LogP contribution in [0.25, 0.3) is 0 Å². The Bertz CT molecular complexity index is 947. The van der Waals surface area contributed by atoms with Crippen LogP contribution in [0, 0.1) is 0 Å². The van der Waals surface area contributed by atoms with Crippen LogP contribution in [0.5, 0.6) is 11.5 Å². The SMILES string of the molecule is CN=C(NCc1cccc(NC(=O)C2CCCO2)c1)Nc1ccc2c(c1)OCCCO2.I. The highest BCUT2D eigenvalue weighted by atomic mass is 127. The Hall–Kier alpha value is -2.53. The number of benzene rings is 2. The zero-order valence-electron chi connectivity index (χ0n) is 18.1. The molecule has 1 saturated heterocycles. The van der Waals surface area contributed by atoms with Gasteiger partial charge in [0.15, 0.2) is 17.5 Å². The highest BCUT2D eigenvalue weighted by Crippen LogP contribution is 2.32. The first-order valence-electron chi connectivity index (χ1n) is 10.6. The van der Waals surface area contributed by atoms with E-state index in [1.807, 2.05) is 42.5 Å². The molecular formula is C23H29IN4O4. The molecule has 0 bridgehead atoms. The maximum atomic E-state index is 12.3. The van der Waals surface area contributed by atoms with Crippen molar-refractivity contribution in [2.45, 2.75) is 31.9 Å². The van der Waals surface area contributed by atoms with Gasteiger partial charge in [-0.1, -0.05) is 12.1 Å². The van der Waals surface area contributed by atoms with E-state index in [4.69, 9.17) is 14.2 Å². The van der Waals surface area contributed by atoms with Crippen LogP contribution in [-0.2, 0) is 16.1 Å². The number of fused-ring (bicyclic) bond motifs is 1. The Labute approximate surface area is 205 Å². The molecule has 4 rings (SSSR count). The summed E-state index contributed by atoms with van der Waals surface area (Å²) in [7, 11) is 1.72. The van der Waals surface area contributed by atoms with Crippen LogP contribution in [0.15, 0.2) is 47.5 Å². The number of guanidine groups is 1. The highest BCUT2D eigenvalue weighted by molar-refractivity contribution is 14.0. The van der Waals surface area contributed by atoms with Crippen molar-refractivity contribution in [1.82, 2.24) is 5.32 Å². The largest absolute Gasteiger partial charge is 0.490 e. The lowest BCUT2D eigenvalue weighted by atomic mass is 10.2. The van der Waals surface area contributed by atoms with E-state index in [1.54, 1.807) is 7.05 Å². The van der Waals surface area contributed by atoms with Crippen molar-refractivity contribution in [2.24, 2.45) is 4.99 Å². The van der Waals surface area contributed by atoms with Crippen molar-refractivity contribution >= 4 is 47.2 Å². The third-order valence-electron chi connectivity index (χ3n) is 5.11. The summed E-state index contributed by atoms with van der Waals surface area (Å²) in [5.41, 5.74) is 2.63. The molecule has 2 aliphatic heterocycles. The number of ether oxygens (including phenoxy) is 3. The molecule has 0 saturated carbocycles. The predicted octanol–water partition coefficient (Wildman–Crippen LogP) is 3.77. The van der Waals surface area contributed by atoms with Crippen LogP contribution < -0.4 is 25.4 Å². The third-order valence-corrected chi connectivity index (χ3v) is 5.11. The van der Waals surface area contributed by atoms with Gasteiger partial charge < -0.3 is 30.2 Å². The van der Waals surface area contributed by atoms with Crippen LogP contribution in [0.2, 0.25) is 0 Å². The fraction of sp³-hybridized carbons (Fsp3) is 0.391. The summed E-state index contributed by atoms with van der Waals surface area (Å²) in [6.45, 7) is 2.50. The number of halogens is 1. The monoisotopic (exact) mass is 552 g/mol. The number of hydrogen-bond acceptors (Lipinski definition) is 5. The second-order valence-electron chi connectivity index (χ2n) is 7.45. The molecule has 1 amide bonds. The second kappa shape index (κ2) is 11.9. The second-order valence-corrected chi connectivity index (χ2v) is 7.45. The summed E-state index contributed by atoms with van der Waals surface area (Å²) in [5.74, 6) is 2.03. The molecule has 172 valence electrons. The van der Waals surface area contributed by atoms with Gasteiger partial charge in [0.1, 0.15) is 6.10 Å². The Kier molecular flexibility index (Phi) is 8.98. The fourth-order valence-electron chi connectivity index (χ4n) is 3.51. The summed E-state index contributed by atoms with van der Waals surface area (Å²) >= 11 is 0. The van der Waals surface area contributed by atoms with Crippen LogP contribution in [0.3, 0.4) is 0 Å². The molecule has 8 nitrogen and oxygen atoms in total. The Balaban J connectivity index is 0.00000289. The number of carbonyl (C=O) groups excluding carboxylic acids is 1. The molecule has 0 radical (unpaired) electrons. The zero-order chi connectivity index (χ0) is 21.5. The molecule has 1 fully saturated rings. The summed E-state index contributed by atoms with van der Waals surface area (Å²) in [4.78, 5) is 16.6. The Morgan fingerprint density at radius 1 is 1.00 bits per heavy atom. The summed E-state index contributed by atoms with van der Waals surface area (Å²) in [6.07, 6.45) is 2.22. The van der Waals surface area contributed by atoms with Crippen molar-refractivity contribution < 1.29 is 19.0 Å². The van der Waals surface area contributed by atoms with Gasteiger partial charge in [0.05, 0.1) is 13.2 Å². The van der Waals surface area contributed by atoms with Gasteiger partial charge >= 0.3 is 0 Å². The van der Waals surface area contributed by atoms with Gasteiger partial charge in [-0.2, -0.15) is 0 Å². The van der Waals surface area contributed by atoms with E-state index in [0.29, 0.717) is 32.3 Å². The molecule has 9 heteroatoms. The smallest absolute Gasteiger partial charge is 0.253 e. The lowest BCUT2D eigenvalue weighted by Crippen LogP contribution is -2.30. The number of rotatable bonds is 5. The van der Waals surface area contributed by atoms with Crippen molar-refractivity contribution in [1.29, 1.82) is 0 Å². The van der Waals surface area contributed by atoms with Crippen LogP contribution >= 0.6 is 24.0 Å². The first-order chi connectivity index (χ1) is 15.2. The maximum Gasteiger partial charge on any atom is 0.253 e. The number of nitrogens with zero attached hydrogens (tertiary/aromatic N) is 1. The van der Waals surface area contributed by atoms with Gasteiger partial charge in [-0.05, 0) is 42.7 Å². The number of nitrogens with one attached hydrogen (secondary N) is 3. The van der Waals surface area contributed by atoms with Crippen molar-refractivity contribution in [2.75, 3.05) is 37.5 Å². The minimum absolute atomic E-state index is 0. The molecule has 32 heavy (non-hydrogen) atoms. The maximum absolute atomic E-state index is 12.3. The van der Waals surface area contributed by atoms with E-state index in [-0.39, 0.29) is 36.0 Å². The molecule has 2 heterocycles. The molecule has 2 aromatic rings. The van der Waals surface area contributed by atoms with Gasteiger partial charge in [0.25, 0.3) is 5.91 Å². The van der Waals surface area contributed by atoms with Gasteiger partial charge in [-0.25, -0.2) is 0 Å². The normalized spacial score (nSPS) is 17.7. The molecule has 3 N–H and O–H groups in total. The molecule has 1 unspecified atom stereocenters. The first-order valence-corrected chi connectivity index (χ1v) is 10.6. The fourth-order valence-corrected chi connectivity index (χ4v) is 3.51. The van der Waals surface area contributed by atoms with Gasteiger partial charge in [0, 0.05) is 44.1 Å². The Morgan fingerprint density at radius 2 is 1.81 bits per heavy atom. The topological polar surface area (TPSA) is 93.2 Å². The standard InChI is InChI=1S/C23H28N4O4.HI/c1-24-23(27-18-8-9-19-21(14-18)31-12-4-11-29-19)25-15-16-5-2-6-17(13-16)26-22(28)20-7-3-10-30-20;/h2,5-6,8-9,13-14,20H,3-4,7,10-12,15H2,1H3,(H,26,28)(H2,24,25,27);1H. The number of anilines is 2. The van der Waals surface area contributed by atoms with Crippen LogP contribution in [0.4, 0.5) is 11.4 Å². The average molecular weight is 552 g/mol. The van der Waals surface area contributed by atoms with E-state index in [9.17, 15) is 4.79 Å².